The molecule has 104 valence electrons. The summed E-state index contributed by atoms with van der Waals surface area (Å²) in [6.45, 7) is 0. The zero-order valence-electron chi connectivity index (χ0n) is 11.3. The third kappa shape index (κ3) is 2.77. The fourth-order valence-electron chi connectivity index (χ4n) is 2.43. The molecule has 2 aromatic rings. The van der Waals surface area contributed by atoms with E-state index in [1.165, 1.54) is 23.4 Å². The van der Waals surface area contributed by atoms with E-state index in [0.717, 1.165) is 35.8 Å². The second kappa shape index (κ2) is 5.79. The number of anilines is 1. The van der Waals surface area contributed by atoms with E-state index >= 15 is 0 Å². The molecule has 1 aliphatic rings. The van der Waals surface area contributed by atoms with Crippen LogP contribution in [0.2, 0.25) is 0 Å². The molecular formula is C15H16FN3S. The highest BCUT2D eigenvalue weighted by atomic mass is 32.2. The Balaban J connectivity index is 1.76. The number of nitrogens with zero attached hydrogens (tertiary/aromatic N) is 2. The Morgan fingerprint density at radius 2 is 2.00 bits per heavy atom. The summed E-state index contributed by atoms with van der Waals surface area (Å²) < 4.78 is 12.9. The van der Waals surface area contributed by atoms with Gasteiger partial charge in [-0.25, -0.2) is 14.4 Å². The van der Waals surface area contributed by atoms with Gasteiger partial charge in [-0.3, -0.25) is 0 Å². The molecule has 1 aliphatic carbocycles. The SMILES string of the molecule is CNc1nc(CSc2ccc(F)cc2)nc2c1CCC2. The lowest BCUT2D eigenvalue weighted by Crippen LogP contribution is -2.05. The number of hydrogen-bond donors (Lipinski definition) is 1. The van der Waals surface area contributed by atoms with Crippen molar-refractivity contribution < 1.29 is 4.39 Å². The van der Waals surface area contributed by atoms with Crippen LogP contribution in [-0.2, 0) is 18.6 Å². The Morgan fingerprint density at radius 1 is 1.20 bits per heavy atom. The number of thioether (sulfide) groups is 1. The molecule has 3 rings (SSSR count). The molecule has 1 heterocycles. The number of hydrogen-bond acceptors (Lipinski definition) is 4. The van der Waals surface area contributed by atoms with Gasteiger partial charge in [-0.1, -0.05) is 0 Å². The van der Waals surface area contributed by atoms with Crippen molar-refractivity contribution in [1.82, 2.24) is 9.97 Å². The molecule has 0 amide bonds. The summed E-state index contributed by atoms with van der Waals surface area (Å²) in [7, 11) is 1.90. The number of halogens is 1. The maximum absolute atomic E-state index is 12.9. The number of fused-ring (bicyclic) bond motifs is 1. The van der Waals surface area contributed by atoms with Crippen molar-refractivity contribution in [2.45, 2.75) is 29.9 Å². The van der Waals surface area contributed by atoms with E-state index in [1.807, 2.05) is 7.05 Å². The van der Waals surface area contributed by atoms with Crippen LogP contribution in [-0.4, -0.2) is 17.0 Å². The fourth-order valence-corrected chi connectivity index (χ4v) is 3.19. The molecule has 20 heavy (non-hydrogen) atoms. The first-order valence-electron chi connectivity index (χ1n) is 6.71. The topological polar surface area (TPSA) is 37.8 Å². The van der Waals surface area contributed by atoms with E-state index in [1.54, 1.807) is 23.9 Å². The van der Waals surface area contributed by atoms with Gasteiger partial charge in [0, 0.05) is 23.2 Å². The largest absolute Gasteiger partial charge is 0.373 e. The quantitative estimate of drug-likeness (QED) is 0.875. The number of benzene rings is 1. The van der Waals surface area contributed by atoms with Gasteiger partial charge < -0.3 is 5.32 Å². The van der Waals surface area contributed by atoms with Crippen LogP contribution in [0.1, 0.15) is 23.5 Å². The summed E-state index contributed by atoms with van der Waals surface area (Å²) in [5.74, 6) is 2.29. The summed E-state index contributed by atoms with van der Waals surface area (Å²) >= 11 is 1.63. The number of aromatic nitrogens is 2. The fraction of sp³-hybridized carbons (Fsp3) is 0.333. The molecule has 0 radical (unpaired) electrons. The molecule has 1 N–H and O–H groups in total. The monoisotopic (exact) mass is 289 g/mol. The molecular weight excluding hydrogens is 273 g/mol. The number of aryl methyl sites for hydroxylation is 1. The summed E-state index contributed by atoms with van der Waals surface area (Å²) in [4.78, 5) is 10.3. The van der Waals surface area contributed by atoms with Gasteiger partial charge in [0.15, 0.2) is 0 Å². The first kappa shape index (κ1) is 13.4. The molecule has 0 unspecified atom stereocenters. The second-order valence-corrected chi connectivity index (χ2v) is 5.81. The van der Waals surface area contributed by atoms with E-state index in [0.29, 0.717) is 5.75 Å². The predicted octanol–water partition coefficient (Wildman–Crippen LogP) is 3.44. The third-order valence-electron chi connectivity index (χ3n) is 3.40. The molecule has 0 fully saturated rings. The second-order valence-electron chi connectivity index (χ2n) is 4.76. The maximum atomic E-state index is 12.9. The highest BCUT2D eigenvalue weighted by molar-refractivity contribution is 7.98. The highest BCUT2D eigenvalue weighted by Crippen LogP contribution is 2.28. The van der Waals surface area contributed by atoms with Crippen molar-refractivity contribution in [1.29, 1.82) is 0 Å². The zero-order valence-corrected chi connectivity index (χ0v) is 12.1. The zero-order chi connectivity index (χ0) is 13.9. The molecule has 0 aliphatic heterocycles. The van der Waals surface area contributed by atoms with Crippen molar-refractivity contribution in [3.8, 4) is 0 Å². The van der Waals surface area contributed by atoms with E-state index in [4.69, 9.17) is 0 Å². The van der Waals surface area contributed by atoms with E-state index in [2.05, 4.69) is 15.3 Å². The van der Waals surface area contributed by atoms with Crippen molar-refractivity contribution in [3.05, 3.63) is 47.2 Å². The minimum atomic E-state index is -0.208. The molecule has 0 atom stereocenters. The molecule has 0 saturated heterocycles. The van der Waals surface area contributed by atoms with E-state index in [9.17, 15) is 4.39 Å². The summed E-state index contributed by atoms with van der Waals surface area (Å²) in [5, 5.41) is 3.16. The van der Waals surface area contributed by atoms with Crippen molar-refractivity contribution in [3.63, 3.8) is 0 Å². The summed E-state index contributed by atoms with van der Waals surface area (Å²) in [6.07, 6.45) is 3.27. The van der Waals surface area contributed by atoms with Gasteiger partial charge in [-0.15, -0.1) is 11.8 Å². The van der Waals surface area contributed by atoms with Crippen molar-refractivity contribution in [2.24, 2.45) is 0 Å². The minimum Gasteiger partial charge on any atom is -0.373 e. The minimum absolute atomic E-state index is 0.208. The lowest BCUT2D eigenvalue weighted by atomic mass is 10.2. The van der Waals surface area contributed by atoms with Crippen LogP contribution in [0.5, 0.6) is 0 Å². The molecule has 1 aromatic carbocycles. The molecule has 5 heteroatoms. The smallest absolute Gasteiger partial charge is 0.141 e. The van der Waals surface area contributed by atoms with Crippen LogP contribution in [0.3, 0.4) is 0 Å². The van der Waals surface area contributed by atoms with Crippen LogP contribution in [0.15, 0.2) is 29.2 Å². The number of nitrogens with one attached hydrogen (secondary N) is 1. The molecule has 0 spiro atoms. The van der Waals surface area contributed by atoms with Gasteiger partial charge in [0.25, 0.3) is 0 Å². The van der Waals surface area contributed by atoms with Crippen LogP contribution in [0.25, 0.3) is 0 Å². The van der Waals surface area contributed by atoms with Gasteiger partial charge in [0.2, 0.25) is 0 Å². The lowest BCUT2D eigenvalue weighted by molar-refractivity contribution is 0.626. The van der Waals surface area contributed by atoms with Gasteiger partial charge >= 0.3 is 0 Å². The third-order valence-corrected chi connectivity index (χ3v) is 4.41. The van der Waals surface area contributed by atoms with E-state index < -0.39 is 0 Å². The van der Waals surface area contributed by atoms with Crippen LogP contribution < -0.4 is 5.32 Å². The van der Waals surface area contributed by atoms with E-state index in [-0.39, 0.29) is 5.82 Å². The van der Waals surface area contributed by atoms with Gasteiger partial charge in [0.05, 0.1) is 5.75 Å². The van der Waals surface area contributed by atoms with Gasteiger partial charge in [0.1, 0.15) is 17.5 Å². The Hall–Kier alpha value is -1.62. The Labute approximate surface area is 122 Å². The van der Waals surface area contributed by atoms with Gasteiger partial charge in [-0.2, -0.15) is 0 Å². The number of rotatable bonds is 4. The van der Waals surface area contributed by atoms with Gasteiger partial charge in [-0.05, 0) is 43.5 Å². The Morgan fingerprint density at radius 3 is 2.75 bits per heavy atom. The standard InChI is InChI=1S/C15H16FN3S/c1-17-15-12-3-2-4-13(12)18-14(19-15)9-20-11-7-5-10(16)6-8-11/h5-8H,2-4,9H2,1H3,(H,17,18,19). The van der Waals surface area contributed by atoms with Crippen LogP contribution >= 0.6 is 11.8 Å². The molecule has 0 saturated carbocycles. The normalized spacial score (nSPS) is 13.3. The van der Waals surface area contributed by atoms with Crippen LogP contribution in [0.4, 0.5) is 10.2 Å². The average Bonchev–Trinajstić information content (AvgIpc) is 2.94. The first-order chi connectivity index (χ1) is 9.76. The highest BCUT2D eigenvalue weighted by Gasteiger charge is 2.18. The summed E-state index contributed by atoms with van der Waals surface area (Å²) in [5.41, 5.74) is 2.45. The average molecular weight is 289 g/mol. The Bertz CT molecular complexity index is 613. The molecule has 1 aromatic heterocycles. The maximum Gasteiger partial charge on any atom is 0.141 e. The molecule has 3 nitrogen and oxygen atoms in total. The van der Waals surface area contributed by atoms with Crippen LogP contribution in [0, 0.1) is 5.82 Å². The Kier molecular flexibility index (Phi) is 3.87. The first-order valence-corrected chi connectivity index (χ1v) is 7.69. The molecule has 0 bridgehead atoms. The predicted molar refractivity (Wildman–Crippen MR) is 79.6 cm³/mol. The lowest BCUT2D eigenvalue weighted by Gasteiger charge is -2.09. The summed E-state index contributed by atoms with van der Waals surface area (Å²) in [6, 6.07) is 6.52. The van der Waals surface area contributed by atoms with Crippen molar-refractivity contribution >= 4 is 17.6 Å². The van der Waals surface area contributed by atoms with Crippen molar-refractivity contribution in [2.75, 3.05) is 12.4 Å².